The predicted molar refractivity (Wildman–Crippen MR) is 109 cm³/mol. The maximum atomic E-state index is 11.7. The van der Waals surface area contributed by atoms with Crippen LogP contribution < -0.4 is 0 Å². The van der Waals surface area contributed by atoms with E-state index in [0.717, 1.165) is 0 Å². The fraction of sp³-hybridized carbons (Fsp3) is 0.905. The highest BCUT2D eigenvalue weighted by molar-refractivity contribution is 5.81. The van der Waals surface area contributed by atoms with Crippen molar-refractivity contribution in [1.29, 1.82) is 0 Å². The molecule has 0 atom stereocenters. The summed E-state index contributed by atoms with van der Waals surface area (Å²) in [5.74, 6) is 0.412. The second kappa shape index (κ2) is 8.55. The maximum Gasteiger partial charge on any atom is 0.228 e. The van der Waals surface area contributed by atoms with Gasteiger partial charge in [-0.3, -0.25) is 9.59 Å². The minimum Gasteiger partial charge on any atom is -0.341 e. The van der Waals surface area contributed by atoms with Gasteiger partial charge in [0, 0.05) is 37.0 Å². The van der Waals surface area contributed by atoms with Crippen LogP contribution in [0.5, 0.6) is 0 Å². The van der Waals surface area contributed by atoms with E-state index in [1.165, 1.54) is 0 Å². The molecule has 0 rings (SSSR count). The smallest absolute Gasteiger partial charge is 0.228 e. The molecular formula is C21H44N2O2. The lowest BCUT2D eigenvalue weighted by molar-refractivity contribution is -0.142. The van der Waals surface area contributed by atoms with E-state index in [0.29, 0.717) is 6.42 Å². The number of carbonyl (C=O) groups excluding carboxylic acids is 2. The largest absolute Gasteiger partial charge is 0.341 e. The highest BCUT2D eigenvalue weighted by Crippen LogP contribution is 2.23. The third-order valence-electron chi connectivity index (χ3n) is 4.01. The molecule has 0 spiro atoms. The first kappa shape index (κ1) is 26.2. The second-order valence-electron chi connectivity index (χ2n) is 11.1. The van der Waals surface area contributed by atoms with E-state index in [-0.39, 0.29) is 33.7 Å². The van der Waals surface area contributed by atoms with Crippen LogP contribution in [0.2, 0.25) is 0 Å². The first-order valence-electron chi connectivity index (χ1n) is 9.15. The SMILES string of the molecule is CN(C(=O)C(C)(C)C)C(C)(C)C.CN(C(=O)CC(C)(C)C)C(C)(C)C. The number of carbonyl (C=O) groups is 2. The topological polar surface area (TPSA) is 40.6 Å². The van der Waals surface area contributed by atoms with Crippen LogP contribution in [-0.2, 0) is 9.59 Å². The number of rotatable bonds is 1. The van der Waals surface area contributed by atoms with Gasteiger partial charge in [-0.25, -0.2) is 0 Å². The van der Waals surface area contributed by atoms with Gasteiger partial charge in [-0.2, -0.15) is 0 Å². The number of hydrogen-bond acceptors (Lipinski definition) is 2. The third-order valence-corrected chi connectivity index (χ3v) is 4.01. The Balaban J connectivity index is 0. The van der Waals surface area contributed by atoms with Crippen molar-refractivity contribution in [2.75, 3.05) is 14.1 Å². The highest BCUT2D eigenvalue weighted by Gasteiger charge is 2.30. The molecule has 2 amide bonds. The Morgan fingerprint density at radius 2 is 0.960 bits per heavy atom. The number of nitrogens with zero attached hydrogens (tertiary/aromatic N) is 2. The van der Waals surface area contributed by atoms with E-state index < -0.39 is 0 Å². The van der Waals surface area contributed by atoms with Crippen molar-refractivity contribution in [2.24, 2.45) is 10.8 Å². The van der Waals surface area contributed by atoms with Crippen LogP contribution >= 0.6 is 0 Å². The molecule has 0 fully saturated rings. The Hall–Kier alpha value is -1.06. The molecule has 0 N–H and O–H groups in total. The summed E-state index contributed by atoms with van der Waals surface area (Å²) in [6, 6.07) is 0. The van der Waals surface area contributed by atoms with Crippen LogP contribution in [-0.4, -0.2) is 46.8 Å². The molecule has 0 aliphatic heterocycles. The summed E-state index contributed by atoms with van der Waals surface area (Å²) in [6.45, 7) is 24.3. The summed E-state index contributed by atoms with van der Waals surface area (Å²) in [7, 11) is 3.72. The van der Waals surface area contributed by atoms with E-state index in [9.17, 15) is 9.59 Å². The molecule has 0 bridgehead atoms. The zero-order valence-electron chi connectivity index (χ0n) is 19.4. The van der Waals surface area contributed by atoms with E-state index in [1.807, 2.05) is 81.3 Å². The summed E-state index contributed by atoms with van der Waals surface area (Å²) >= 11 is 0. The van der Waals surface area contributed by atoms with E-state index in [4.69, 9.17) is 0 Å². The standard InChI is InChI=1S/C11H23NO.C10H21NO/c1-10(2,3)8-9(13)12(7)11(4,5)6;1-9(2,3)8(12)11(7)10(4,5)6/h8H2,1-7H3;1-7H3. The fourth-order valence-corrected chi connectivity index (χ4v) is 1.75. The van der Waals surface area contributed by atoms with Gasteiger partial charge in [-0.05, 0) is 47.0 Å². The highest BCUT2D eigenvalue weighted by atomic mass is 16.2. The maximum absolute atomic E-state index is 11.7. The fourth-order valence-electron chi connectivity index (χ4n) is 1.75. The molecule has 4 nitrogen and oxygen atoms in total. The molecule has 150 valence electrons. The van der Waals surface area contributed by atoms with Crippen LogP contribution in [0.4, 0.5) is 0 Å². The third kappa shape index (κ3) is 11.2. The molecule has 0 heterocycles. The molecule has 0 aromatic rings. The van der Waals surface area contributed by atoms with Crippen molar-refractivity contribution in [3.8, 4) is 0 Å². The molecule has 0 radical (unpaired) electrons. The van der Waals surface area contributed by atoms with E-state index >= 15 is 0 Å². The molecular weight excluding hydrogens is 312 g/mol. The van der Waals surface area contributed by atoms with Gasteiger partial charge in [0.1, 0.15) is 0 Å². The lowest BCUT2D eigenvalue weighted by Crippen LogP contribution is -2.47. The van der Waals surface area contributed by atoms with Crippen LogP contribution in [0.15, 0.2) is 0 Å². The average molecular weight is 357 g/mol. The molecule has 25 heavy (non-hydrogen) atoms. The summed E-state index contributed by atoms with van der Waals surface area (Å²) in [5, 5.41) is 0. The van der Waals surface area contributed by atoms with Crippen LogP contribution in [0.3, 0.4) is 0 Å². The number of hydrogen-bond donors (Lipinski definition) is 0. The second-order valence-corrected chi connectivity index (χ2v) is 11.1. The van der Waals surface area contributed by atoms with E-state index in [1.54, 1.807) is 4.90 Å². The quantitative estimate of drug-likeness (QED) is 0.665. The van der Waals surface area contributed by atoms with Crippen molar-refractivity contribution in [1.82, 2.24) is 9.80 Å². The van der Waals surface area contributed by atoms with Crippen molar-refractivity contribution in [2.45, 2.75) is 101 Å². The summed E-state index contributed by atoms with van der Waals surface area (Å²) in [6.07, 6.45) is 0.612. The first-order chi connectivity index (χ1) is 10.6. The number of amides is 2. The minimum absolute atomic E-state index is 0.0671. The van der Waals surface area contributed by atoms with Gasteiger partial charge >= 0.3 is 0 Å². The molecule has 0 unspecified atom stereocenters. The zero-order valence-corrected chi connectivity index (χ0v) is 19.4. The van der Waals surface area contributed by atoms with Crippen LogP contribution in [0.25, 0.3) is 0 Å². The van der Waals surface area contributed by atoms with Gasteiger partial charge in [0.15, 0.2) is 0 Å². The minimum atomic E-state index is -0.276. The first-order valence-corrected chi connectivity index (χ1v) is 9.15. The normalized spacial score (nSPS) is 12.9. The molecule has 0 aliphatic rings. The van der Waals surface area contributed by atoms with Crippen molar-refractivity contribution < 1.29 is 9.59 Å². The Labute approximate surface area is 157 Å². The summed E-state index contributed by atoms with van der Waals surface area (Å²) in [5.41, 5.74) is -0.342. The van der Waals surface area contributed by atoms with Gasteiger partial charge in [-0.15, -0.1) is 0 Å². The Morgan fingerprint density at radius 1 is 0.640 bits per heavy atom. The molecule has 4 heteroatoms. The Bertz CT molecular complexity index is 440. The van der Waals surface area contributed by atoms with Gasteiger partial charge < -0.3 is 9.80 Å². The lowest BCUT2D eigenvalue weighted by atomic mass is 9.91. The monoisotopic (exact) mass is 356 g/mol. The van der Waals surface area contributed by atoms with Crippen LogP contribution in [0.1, 0.15) is 89.5 Å². The van der Waals surface area contributed by atoms with Gasteiger partial charge in [0.2, 0.25) is 11.8 Å². The molecule has 0 saturated carbocycles. The Kier molecular flexibility index (Phi) is 8.95. The predicted octanol–water partition coefficient (Wildman–Crippen LogP) is 4.97. The summed E-state index contributed by atoms with van der Waals surface area (Å²) < 4.78 is 0. The molecule has 0 saturated heterocycles. The van der Waals surface area contributed by atoms with E-state index in [2.05, 4.69) is 20.8 Å². The lowest BCUT2D eigenvalue weighted by Gasteiger charge is -2.36. The zero-order chi connectivity index (χ0) is 21.0. The summed E-state index contributed by atoms with van der Waals surface area (Å²) in [4.78, 5) is 27.1. The molecule has 0 aromatic heterocycles. The molecule has 0 aliphatic carbocycles. The van der Waals surface area contributed by atoms with Gasteiger partial charge in [-0.1, -0.05) is 41.5 Å². The van der Waals surface area contributed by atoms with Gasteiger partial charge in [0.05, 0.1) is 0 Å². The van der Waals surface area contributed by atoms with Crippen LogP contribution in [0, 0.1) is 10.8 Å². The molecule has 0 aromatic carbocycles. The van der Waals surface area contributed by atoms with Crippen molar-refractivity contribution in [3.63, 3.8) is 0 Å². The van der Waals surface area contributed by atoms with Crippen molar-refractivity contribution >= 4 is 11.8 Å². The van der Waals surface area contributed by atoms with Gasteiger partial charge in [0.25, 0.3) is 0 Å². The Morgan fingerprint density at radius 3 is 1.12 bits per heavy atom. The average Bonchev–Trinajstić information content (AvgIpc) is 2.31. The van der Waals surface area contributed by atoms with Crippen molar-refractivity contribution in [3.05, 3.63) is 0 Å².